The lowest BCUT2D eigenvalue weighted by Crippen LogP contribution is -2.47. The van der Waals surface area contributed by atoms with Crippen LogP contribution in [0.2, 0.25) is 0 Å². The van der Waals surface area contributed by atoms with Gasteiger partial charge in [0.25, 0.3) is 0 Å². The largest absolute Gasteiger partial charge is 0.443 e. The summed E-state index contributed by atoms with van der Waals surface area (Å²) in [5.41, 5.74) is 1.52. The van der Waals surface area contributed by atoms with Gasteiger partial charge in [-0.05, 0) is 43.4 Å². The van der Waals surface area contributed by atoms with E-state index in [0.717, 1.165) is 35.9 Å². The van der Waals surface area contributed by atoms with E-state index in [9.17, 15) is 9.32 Å². The summed E-state index contributed by atoms with van der Waals surface area (Å²) in [5.74, 6) is 0. The highest BCUT2D eigenvalue weighted by molar-refractivity contribution is 7.86. The van der Waals surface area contributed by atoms with Crippen molar-refractivity contribution in [3.8, 4) is 0 Å². The molecule has 1 N–H and O–H groups in total. The van der Waals surface area contributed by atoms with E-state index in [1.54, 1.807) is 0 Å². The first-order chi connectivity index (χ1) is 9.66. The van der Waals surface area contributed by atoms with Gasteiger partial charge in [-0.3, -0.25) is 4.21 Å². The van der Waals surface area contributed by atoms with Gasteiger partial charge in [-0.1, -0.05) is 12.5 Å². The molecule has 0 amide bonds. The van der Waals surface area contributed by atoms with Crippen LogP contribution in [0, 0.1) is 0 Å². The Bertz CT molecular complexity index is 665. The maximum Gasteiger partial charge on any atom is 0.181 e. The Morgan fingerprint density at radius 1 is 1.30 bits per heavy atom. The molecule has 3 heterocycles. The van der Waals surface area contributed by atoms with Crippen LogP contribution in [0.4, 0.5) is 0 Å². The number of nitrogens with zero attached hydrogens (tertiary/aromatic N) is 1. The SMILES string of the molecule is O=S1C2CCCC1CC(O)(c1ccc3ocnc3c1)C2. The molecule has 2 unspecified atom stereocenters. The number of benzene rings is 1. The van der Waals surface area contributed by atoms with Crippen LogP contribution in [0.25, 0.3) is 11.1 Å². The minimum atomic E-state index is -0.864. The summed E-state index contributed by atoms with van der Waals surface area (Å²) in [6.07, 6.45) is 5.69. The zero-order valence-electron chi connectivity index (χ0n) is 11.1. The number of aromatic nitrogens is 1. The number of rotatable bonds is 1. The molecule has 1 aromatic carbocycles. The van der Waals surface area contributed by atoms with E-state index in [1.807, 2.05) is 18.2 Å². The molecule has 2 aliphatic heterocycles. The van der Waals surface area contributed by atoms with Gasteiger partial charge in [0, 0.05) is 21.3 Å². The van der Waals surface area contributed by atoms with Crippen LogP contribution in [0.15, 0.2) is 29.0 Å². The molecule has 4 rings (SSSR count). The molecule has 2 saturated heterocycles. The molecular weight excluding hydrogens is 274 g/mol. The number of oxazole rings is 1. The molecule has 2 aliphatic rings. The van der Waals surface area contributed by atoms with Crippen molar-refractivity contribution < 1.29 is 13.7 Å². The molecule has 5 heteroatoms. The molecule has 0 saturated carbocycles. The molecule has 20 heavy (non-hydrogen) atoms. The second-order valence-electron chi connectivity index (χ2n) is 5.98. The lowest BCUT2D eigenvalue weighted by atomic mass is 9.80. The molecular formula is C15H17NO3S. The van der Waals surface area contributed by atoms with Crippen LogP contribution in [-0.2, 0) is 16.4 Å². The molecule has 1 aromatic heterocycles. The van der Waals surface area contributed by atoms with Crippen molar-refractivity contribution in [2.24, 2.45) is 0 Å². The van der Waals surface area contributed by atoms with Gasteiger partial charge in [0.2, 0.25) is 0 Å². The molecule has 0 spiro atoms. The maximum absolute atomic E-state index is 12.3. The smallest absolute Gasteiger partial charge is 0.181 e. The summed E-state index contributed by atoms with van der Waals surface area (Å²) in [7, 11) is -0.770. The standard InChI is InChI=1S/C15H17NO3S/c17-15(7-11-2-1-3-12(8-15)20(11)18)10-4-5-14-13(6-10)16-9-19-14/h4-6,9,11-12,17H,1-3,7-8H2. The summed E-state index contributed by atoms with van der Waals surface area (Å²) in [6, 6.07) is 5.68. The number of hydrogen-bond acceptors (Lipinski definition) is 4. The third-order valence-electron chi connectivity index (χ3n) is 4.71. The van der Waals surface area contributed by atoms with E-state index < -0.39 is 16.4 Å². The van der Waals surface area contributed by atoms with Crippen molar-refractivity contribution in [1.29, 1.82) is 0 Å². The van der Waals surface area contributed by atoms with E-state index in [-0.39, 0.29) is 10.5 Å². The summed E-state index contributed by atoms with van der Waals surface area (Å²) in [4.78, 5) is 4.15. The predicted molar refractivity (Wildman–Crippen MR) is 76.7 cm³/mol. The molecule has 106 valence electrons. The van der Waals surface area contributed by atoms with E-state index in [2.05, 4.69) is 4.98 Å². The summed E-state index contributed by atoms with van der Waals surface area (Å²) < 4.78 is 17.5. The minimum Gasteiger partial charge on any atom is -0.443 e. The van der Waals surface area contributed by atoms with Gasteiger partial charge in [-0.2, -0.15) is 0 Å². The molecule has 2 bridgehead atoms. The molecule has 4 nitrogen and oxygen atoms in total. The van der Waals surface area contributed by atoms with E-state index >= 15 is 0 Å². The van der Waals surface area contributed by atoms with Crippen LogP contribution in [0.5, 0.6) is 0 Å². The van der Waals surface area contributed by atoms with Gasteiger partial charge in [0.1, 0.15) is 5.52 Å². The van der Waals surface area contributed by atoms with E-state index in [1.165, 1.54) is 6.39 Å². The Hall–Kier alpha value is -1.20. The zero-order valence-corrected chi connectivity index (χ0v) is 11.9. The van der Waals surface area contributed by atoms with Crippen molar-refractivity contribution in [2.75, 3.05) is 0 Å². The summed E-state index contributed by atoms with van der Waals surface area (Å²) >= 11 is 0. The Kier molecular flexibility index (Phi) is 2.76. The van der Waals surface area contributed by atoms with Gasteiger partial charge in [-0.25, -0.2) is 4.98 Å². The number of hydrogen-bond donors (Lipinski definition) is 1. The highest BCUT2D eigenvalue weighted by atomic mass is 32.2. The summed E-state index contributed by atoms with van der Waals surface area (Å²) in [5, 5.41) is 11.3. The second-order valence-corrected chi connectivity index (χ2v) is 7.97. The predicted octanol–water partition coefficient (Wildman–Crippen LogP) is 2.48. The third kappa shape index (κ3) is 1.84. The average molecular weight is 291 g/mol. The fraction of sp³-hybridized carbons (Fsp3) is 0.533. The van der Waals surface area contributed by atoms with Gasteiger partial charge < -0.3 is 9.52 Å². The van der Waals surface area contributed by atoms with Gasteiger partial charge >= 0.3 is 0 Å². The minimum absolute atomic E-state index is 0.139. The first-order valence-corrected chi connectivity index (χ1v) is 8.39. The lowest BCUT2D eigenvalue weighted by Gasteiger charge is -2.43. The highest BCUT2D eigenvalue weighted by Crippen LogP contribution is 2.44. The van der Waals surface area contributed by atoms with Crippen LogP contribution in [0.3, 0.4) is 0 Å². The van der Waals surface area contributed by atoms with E-state index in [0.29, 0.717) is 12.8 Å². The van der Waals surface area contributed by atoms with Crippen LogP contribution in [0.1, 0.15) is 37.7 Å². The number of aliphatic hydroxyl groups is 1. The van der Waals surface area contributed by atoms with Crippen molar-refractivity contribution in [2.45, 2.75) is 48.2 Å². The quantitative estimate of drug-likeness (QED) is 0.876. The van der Waals surface area contributed by atoms with Gasteiger partial charge in [0.05, 0.1) is 5.60 Å². The zero-order chi connectivity index (χ0) is 13.7. The van der Waals surface area contributed by atoms with Crippen LogP contribution in [-0.4, -0.2) is 24.8 Å². The van der Waals surface area contributed by atoms with Crippen molar-refractivity contribution >= 4 is 21.9 Å². The second kappa shape index (κ2) is 4.40. The molecule has 0 radical (unpaired) electrons. The first-order valence-electron chi connectivity index (χ1n) is 7.11. The Labute approximate surface area is 119 Å². The monoisotopic (exact) mass is 291 g/mol. The van der Waals surface area contributed by atoms with Gasteiger partial charge in [-0.15, -0.1) is 0 Å². The molecule has 2 atom stereocenters. The fourth-order valence-corrected chi connectivity index (χ4v) is 5.89. The molecule has 0 aliphatic carbocycles. The van der Waals surface area contributed by atoms with Crippen LogP contribution >= 0.6 is 0 Å². The van der Waals surface area contributed by atoms with Crippen molar-refractivity contribution in [3.05, 3.63) is 30.2 Å². The number of fused-ring (bicyclic) bond motifs is 3. The van der Waals surface area contributed by atoms with Gasteiger partial charge in [0.15, 0.2) is 12.0 Å². The Balaban J connectivity index is 1.74. The Morgan fingerprint density at radius 2 is 2.05 bits per heavy atom. The molecule has 2 fully saturated rings. The highest BCUT2D eigenvalue weighted by Gasteiger charge is 2.46. The summed E-state index contributed by atoms with van der Waals surface area (Å²) in [6.45, 7) is 0. The molecule has 2 aromatic rings. The topological polar surface area (TPSA) is 63.3 Å². The van der Waals surface area contributed by atoms with Crippen LogP contribution < -0.4 is 0 Å². The van der Waals surface area contributed by atoms with E-state index in [4.69, 9.17) is 4.42 Å². The Morgan fingerprint density at radius 3 is 2.80 bits per heavy atom. The third-order valence-corrected chi connectivity index (χ3v) is 6.83. The average Bonchev–Trinajstić information content (AvgIpc) is 2.88. The fourth-order valence-electron chi connectivity index (χ4n) is 3.67. The maximum atomic E-state index is 12.3. The lowest BCUT2D eigenvalue weighted by molar-refractivity contribution is 0.00664. The first kappa shape index (κ1) is 12.5. The van der Waals surface area contributed by atoms with Crippen molar-refractivity contribution in [1.82, 2.24) is 4.98 Å². The normalized spacial score (nSPS) is 37.1. The van der Waals surface area contributed by atoms with Crippen molar-refractivity contribution in [3.63, 3.8) is 0 Å².